The van der Waals surface area contributed by atoms with Crippen LogP contribution in [-0.2, 0) is 9.59 Å². The maximum Gasteiger partial charge on any atom is 0.307 e. The van der Waals surface area contributed by atoms with Crippen LogP contribution >= 0.6 is 0 Å². The monoisotopic (exact) mass is 253 g/mol. The lowest BCUT2D eigenvalue weighted by Gasteiger charge is -2.25. The summed E-state index contributed by atoms with van der Waals surface area (Å²) >= 11 is 0. The highest BCUT2D eigenvalue weighted by molar-refractivity contribution is 5.85. The maximum atomic E-state index is 12.4. The molecule has 4 nitrogen and oxygen atoms in total. The van der Waals surface area contributed by atoms with Gasteiger partial charge in [-0.15, -0.1) is 6.58 Å². The summed E-state index contributed by atoms with van der Waals surface area (Å²) in [7, 11) is 0. The van der Waals surface area contributed by atoms with Crippen molar-refractivity contribution in [3.8, 4) is 0 Å². The Morgan fingerprint density at radius 1 is 1.33 bits per heavy atom. The molecule has 0 saturated heterocycles. The van der Waals surface area contributed by atoms with Gasteiger partial charge in [-0.3, -0.25) is 9.59 Å². The molecule has 4 heteroatoms. The molecule has 1 aliphatic carbocycles. The molecule has 1 N–H and O–H groups in total. The Hall–Kier alpha value is -1.32. The highest BCUT2D eigenvalue weighted by atomic mass is 16.4. The third kappa shape index (κ3) is 3.12. The lowest BCUT2D eigenvalue weighted by molar-refractivity contribution is -0.148. The van der Waals surface area contributed by atoms with E-state index in [0.717, 1.165) is 6.42 Å². The summed E-state index contributed by atoms with van der Waals surface area (Å²) < 4.78 is 0. The zero-order valence-corrected chi connectivity index (χ0v) is 11.3. The standard InChI is InChI=1S/C14H23NO3/c1-4-7-15(6-3)13(16)11-8-10(5-2)9-12(11)14(17)18/h4,10-12H,1,5-9H2,2-3H3,(H,17,18)/t10?,11-,12+/m0/s1. The average molecular weight is 253 g/mol. The van der Waals surface area contributed by atoms with Gasteiger partial charge in [0.1, 0.15) is 0 Å². The number of carbonyl (C=O) groups excluding carboxylic acids is 1. The first-order chi connectivity index (χ1) is 8.54. The van der Waals surface area contributed by atoms with Crippen LogP contribution in [0.25, 0.3) is 0 Å². The lowest BCUT2D eigenvalue weighted by atomic mass is 9.94. The van der Waals surface area contributed by atoms with Crippen LogP contribution in [0.15, 0.2) is 12.7 Å². The van der Waals surface area contributed by atoms with Crippen LogP contribution in [0.2, 0.25) is 0 Å². The highest BCUT2D eigenvalue weighted by Gasteiger charge is 2.43. The summed E-state index contributed by atoms with van der Waals surface area (Å²) in [5, 5.41) is 9.24. The van der Waals surface area contributed by atoms with Gasteiger partial charge in [0.25, 0.3) is 0 Å². The predicted octanol–water partition coefficient (Wildman–Crippen LogP) is 2.16. The molecule has 1 aliphatic rings. The van der Waals surface area contributed by atoms with E-state index in [1.54, 1.807) is 11.0 Å². The fraction of sp³-hybridized carbons (Fsp3) is 0.714. The summed E-state index contributed by atoms with van der Waals surface area (Å²) in [5.41, 5.74) is 0. The van der Waals surface area contributed by atoms with Crippen molar-refractivity contribution in [1.29, 1.82) is 0 Å². The van der Waals surface area contributed by atoms with Gasteiger partial charge >= 0.3 is 5.97 Å². The van der Waals surface area contributed by atoms with E-state index in [1.807, 2.05) is 6.92 Å². The first-order valence-corrected chi connectivity index (χ1v) is 6.67. The number of likely N-dealkylation sites (N-methyl/N-ethyl adjacent to an activating group) is 1. The van der Waals surface area contributed by atoms with Crippen molar-refractivity contribution in [2.24, 2.45) is 17.8 Å². The number of carboxylic acid groups (broad SMARTS) is 1. The number of amides is 1. The van der Waals surface area contributed by atoms with E-state index in [9.17, 15) is 14.7 Å². The van der Waals surface area contributed by atoms with Crippen molar-refractivity contribution in [3.05, 3.63) is 12.7 Å². The summed E-state index contributed by atoms with van der Waals surface area (Å²) in [5.74, 6) is -1.36. The van der Waals surface area contributed by atoms with E-state index >= 15 is 0 Å². The molecule has 0 aromatic heterocycles. The average Bonchev–Trinajstić information content (AvgIpc) is 2.79. The van der Waals surface area contributed by atoms with Crippen molar-refractivity contribution >= 4 is 11.9 Å². The van der Waals surface area contributed by atoms with Crippen molar-refractivity contribution in [2.75, 3.05) is 13.1 Å². The fourth-order valence-electron chi connectivity index (χ4n) is 2.79. The van der Waals surface area contributed by atoms with Crippen molar-refractivity contribution < 1.29 is 14.7 Å². The van der Waals surface area contributed by atoms with Crippen LogP contribution in [0, 0.1) is 17.8 Å². The molecule has 0 aromatic rings. The molecule has 0 bridgehead atoms. The molecule has 0 radical (unpaired) electrons. The van der Waals surface area contributed by atoms with Crippen molar-refractivity contribution in [2.45, 2.75) is 33.1 Å². The Bertz CT molecular complexity index is 327. The van der Waals surface area contributed by atoms with Gasteiger partial charge in [0, 0.05) is 13.1 Å². The predicted molar refractivity (Wildman–Crippen MR) is 70.1 cm³/mol. The number of rotatable bonds is 6. The second kappa shape index (κ2) is 6.57. The number of aliphatic carboxylic acids is 1. The third-order valence-electron chi connectivity index (χ3n) is 3.91. The summed E-state index contributed by atoms with van der Waals surface area (Å²) in [4.78, 5) is 25.3. The van der Waals surface area contributed by atoms with Crippen LogP contribution < -0.4 is 0 Å². The van der Waals surface area contributed by atoms with E-state index in [1.165, 1.54) is 0 Å². The molecule has 1 fully saturated rings. The zero-order valence-electron chi connectivity index (χ0n) is 11.3. The third-order valence-corrected chi connectivity index (χ3v) is 3.91. The first-order valence-electron chi connectivity index (χ1n) is 6.67. The second-order valence-corrected chi connectivity index (χ2v) is 4.96. The van der Waals surface area contributed by atoms with E-state index in [2.05, 4.69) is 13.5 Å². The number of nitrogens with zero attached hydrogens (tertiary/aromatic N) is 1. The normalized spacial score (nSPS) is 26.9. The quantitative estimate of drug-likeness (QED) is 0.738. The molecule has 3 atom stereocenters. The van der Waals surface area contributed by atoms with Crippen LogP contribution in [0.5, 0.6) is 0 Å². The molecule has 0 aromatic carbocycles. The Labute approximate surface area is 109 Å². The number of hydrogen-bond donors (Lipinski definition) is 1. The van der Waals surface area contributed by atoms with Crippen molar-refractivity contribution in [1.82, 2.24) is 4.90 Å². The number of carbonyl (C=O) groups is 2. The Morgan fingerprint density at radius 3 is 2.39 bits per heavy atom. The largest absolute Gasteiger partial charge is 0.481 e. The molecule has 1 saturated carbocycles. The highest BCUT2D eigenvalue weighted by Crippen LogP contribution is 2.39. The Morgan fingerprint density at radius 2 is 1.94 bits per heavy atom. The molecule has 18 heavy (non-hydrogen) atoms. The summed E-state index contributed by atoms with van der Waals surface area (Å²) in [6.07, 6.45) is 3.97. The van der Waals surface area contributed by atoms with E-state index in [0.29, 0.717) is 31.8 Å². The summed E-state index contributed by atoms with van der Waals surface area (Å²) in [6, 6.07) is 0. The molecule has 102 valence electrons. The van der Waals surface area contributed by atoms with Gasteiger partial charge in [-0.05, 0) is 25.7 Å². The van der Waals surface area contributed by atoms with Crippen LogP contribution in [0.4, 0.5) is 0 Å². The first kappa shape index (κ1) is 14.7. The van der Waals surface area contributed by atoms with Gasteiger partial charge in [-0.2, -0.15) is 0 Å². The van der Waals surface area contributed by atoms with Crippen LogP contribution in [0.3, 0.4) is 0 Å². The SMILES string of the molecule is C=CCN(CC)C(=O)[C@H]1CC(CC)C[C@H]1C(=O)O. The minimum atomic E-state index is -0.834. The van der Waals surface area contributed by atoms with Crippen molar-refractivity contribution in [3.63, 3.8) is 0 Å². The van der Waals surface area contributed by atoms with Gasteiger partial charge in [0.05, 0.1) is 11.8 Å². The van der Waals surface area contributed by atoms with Gasteiger partial charge in [-0.25, -0.2) is 0 Å². The molecule has 0 heterocycles. The second-order valence-electron chi connectivity index (χ2n) is 4.96. The van der Waals surface area contributed by atoms with E-state index in [4.69, 9.17) is 0 Å². The lowest BCUT2D eigenvalue weighted by Crippen LogP contribution is -2.39. The topological polar surface area (TPSA) is 57.6 Å². The van der Waals surface area contributed by atoms with E-state index < -0.39 is 11.9 Å². The molecule has 0 aliphatic heterocycles. The maximum absolute atomic E-state index is 12.4. The number of hydrogen-bond acceptors (Lipinski definition) is 2. The summed E-state index contributed by atoms with van der Waals surface area (Å²) in [6.45, 7) is 8.69. The zero-order chi connectivity index (χ0) is 13.7. The van der Waals surface area contributed by atoms with Crippen LogP contribution in [-0.4, -0.2) is 35.0 Å². The molecule has 1 unspecified atom stereocenters. The smallest absolute Gasteiger partial charge is 0.307 e. The molecular weight excluding hydrogens is 230 g/mol. The van der Waals surface area contributed by atoms with Gasteiger partial charge < -0.3 is 10.0 Å². The molecular formula is C14H23NO3. The minimum Gasteiger partial charge on any atom is -0.481 e. The fourth-order valence-corrected chi connectivity index (χ4v) is 2.79. The number of carboxylic acids is 1. The van der Waals surface area contributed by atoms with E-state index in [-0.39, 0.29) is 11.8 Å². The van der Waals surface area contributed by atoms with Gasteiger partial charge in [-0.1, -0.05) is 19.4 Å². The molecule has 1 amide bonds. The molecule has 0 spiro atoms. The van der Waals surface area contributed by atoms with Gasteiger partial charge in [0.15, 0.2) is 0 Å². The Balaban J connectivity index is 2.81. The molecule has 1 rings (SSSR count). The Kier molecular flexibility index (Phi) is 5.38. The van der Waals surface area contributed by atoms with Gasteiger partial charge in [0.2, 0.25) is 5.91 Å². The van der Waals surface area contributed by atoms with Crippen LogP contribution in [0.1, 0.15) is 33.1 Å². The minimum absolute atomic E-state index is 0.0271.